The zero-order valence-corrected chi connectivity index (χ0v) is 6.93. The first kappa shape index (κ1) is 6.95. The van der Waals surface area contributed by atoms with Crippen LogP contribution in [-0.4, -0.2) is 12.1 Å². The highest BCUT2D eigenvalue weighted by atomic mass is 35.5. The monoisotopic (exact) mass is 169 g/mol. The molecule has 1 aliphatic rings. The molecule has 0 spiro atoms. The molecular formula is C8H8ClNO. The van der Waals surface area contributed by atoms with Crippen molar-refractivity contribution in [2.24, 2.45) is 0 Å². The van der Waals surface area contributed by atoms with Gasteiger partial charge in [0.25, 0.3) is 0 Å². The van der Waals surface area contributed by atoms with Gasteiger partial charge in [0.1, 0.15) is 0 Å². The lowest BCUT2D eigenvalue weighted by atomic mass is 10.2. The fraction of sp³-hybridized carbons (Fsp3) is 0.250. The summed E-state index contributed by atoms with van der Waals surface area (Å²) in [5.41, 5.74) is 1.15. The summed E-state index contributed by atoms with van der Waals surface area (Å²) in [6.45, 7) is 0.815. The summed E-state index contributed by atoms with van der Waals surface area (Å²) in [5, 5.41) is 2.55. The van der Waals surface area contributed by atoms with Crippen LogP contribution in [-0.2, 0) is 6.54 Å². The van der Waals surface area contributed by atoms with Gasteiger partial charge in [0.15, 0.2) is 5.75 Å². The quantitative estimate of drug-likeness (QED) is 0.590. The maximum absolute atomic E-state index is 5.80. The second-order valence-electron chi connectivity index (χ2n) is 2.63. The lowest BCUT2D eigenvalue weighted by Gasteiger charge is -2.04. The van der Waals surface area contributed by atoms with Gasteiger partial charge in [-0.1, -0.05) is 11.6 Å². The van der Waals surface area contributed by atoms with Crippen molar-refractivity contribution in [1.82, 2.24) is 5.06 Å². The van der Waals surface area contributed by atoms with Crippen molar-refractivity contribution in [1.29, 1.82) is 0 Å². The summed E-state index contributed by atoms with van der Waals surface area (Å²) in [6.07, 6.45) is 0. The predicted octanol–water partition coefficient (Wildman–Crippen LogP) is 2.08. The van der Waals surface area contributed by atoms with E-state index in [1.807, 2.05) is 25.2 Å². The van der Waals surface area contributed by atoms with Gasteiger partial charge in [-0.25, -0.2) is 0 Å². The molecule has 2 nitrogen and oxygen atoms in total. The fourth-order valence-corrected chi connectivity index (χ4v) is 1.40. The Morgan fingerprint density at radius 3 is 3.18 bits per heavy atom. The van der Waals surface area contributed by atoms with E-state index in [4.69, 9.17) is 16.4 Å². The van der Waals surface area contributed by atoms with Crippen molar-refractivity contribution in [3.63, 3.8) is 0 Å². The Morgan fingerprint density at radius 2 is 2.36 bits per heavy atom. The van der Waals surface area contributed by atoms with Crippen LogP contribution in [0.4, 0.5) is 0 Å². The van der Waals surface area contributed by atoms with E-state index < -0.39 is 0 Å². The van der Waals surface area contributed by atoms with Gasteiger partial charge in [-0.15, -0.1) is 5.06 Å². The third-order valence-corrected chi connectivity index (χ3v) is 1.90. The molecule has 0 aromatic heterocycles. The van der Waals surface area contributed by atoms with Crippen molar-refractivity contribution in [3.8, 4) is 5.75 Å². The summed E-state index contributed by atoms with van der Waals surface area (Å²) in [7, 11) is 1.90. The van der Waals surface area contributed by atoms with Crippen molar-refractivity contribution < 1.29 is 4.84 Å². The Morgan fingerprint density at radius 1 is 1.55 bits per heavy atom. The van der Waals surface area contributed by atoms with E-state index in [0.29, 0.717) is 0 Å². The van der Waals surface area contributed by atoms with Gasteiger partial charge in [0.05, 0.1) is 6.54 Å². The molecule has 1 aromatic carbocycles. The van der Waals surface area contributed by atoms with Crippen LogP contribution in [0.2, 0.25) is 5.02 Å². The number of nitrogens with zero attached hydrogens (tertiary/aromatic N) is 1. The molecule has 11 heavy (non-hydrogen) atoms. The Hall–Kier alpha value is -0.730. The first-order valence-electron chi connectivity index (χ1n) is 3.43. The molecule has 0 fully saturated rings. The third kappa shape index (κ3) is 1.19. The molecule has 0 atom stereocenters. The van der Waals surface area contributed by atoms with Crippen molar-refractivity contribution in [3.05, 3.63) is 28.8 Å². The molecule has 0 saturated heterocycles. The van der Waals surface area contributed by atoms with Gasteiger partial charge in [0.2, 0.25) is 0 Å². The highest BCUT2D eigenvalue weighted by molar-refractivity contribution is 6.30. The molecule has 0 aliphatic carbocycles. The largest absolute Gasteiger partial charge is 0.406 e. The van der Waals surface area contributed by atoms with E-state index >= 15 is 0 Å². The van der Waals surface area contributed by atoms with Crippen molar-refractivity contribution in [2.75, 3.05) is 7.05 Å². The van der Waals surface area contributed by atoms with Gasteiger partial charge in [-0.2, -0.15) is 0 Å². The number of hydrogen-bond acceptors (Lipinski definition) is 2. The first-order valence-corrected chi connectivity index (χ1v) is 3.81. The van der Waals surface area contributed by atoms with Crippen LogP contribution in [0.5, 0.6) is 5.75 Å². The fourth-order valence-electron chi connectivity index (χ4n) is 1.20. The van der Waals surface area contributed by atoms with E-state index in [-0.39, 0.29) is 0 Å². The van der Waals surface area contributed by atoms with Crippen LogP contribution in [0, 0.1) is 0 Å². The van der Waals surface area contributed by atoms with Crippen molar-refractivity contribution in [2.45, 2.75) is 6.54 Å². The first-order chi connectivity index (χ1) is 5.25. The Labute approximate surface area is 70.3 Å². The van der Waals surface area contributed by atoms with E-state index in [2.05, 4.69) is 0 Å². The third-order valence-electron chi connectivity index (χ3n) is 1.67. The molecule has 0 amide bonds. The number of hydrogen-bond donors (Lipinski definition) is 0. The SMILES string of the molecule is CN1Cc2cc(Cl)ccc2O1. The molecule has 1 heterocycles. The summed E-state index contributed by atoms with van der Waals surface area (Å²) in [6, 6.07) is 5.65. The lowest BCUT2D eigenvalue weighted by molar-refractivity contribution is -0.0137. The minimum atomic E-state index is 0.766. The molecule has 3 heteroatoms. The van der Waals surface area contributed by atoms with Crippen LogP contribution in [0.3, 0.4) is 0 Å². The second kappa shape index (κ2) is 2.40. The minimum absolute atomic E-state index is 0.766. The number of hydroxylamine groups is 2. The normalized spacial score (nSPS) is 16.2. The molecule has 58 valence electrons. The number of rotatable bonds is 0. The van der Waals surface area contributed by atoms with Crippen molar-refractivity contribution >= 4 is 11.6 Å². The highest BCUT2D eigenvalue weighted by Gasteiger charge is 2.16. The lowest BCUT2D eigenvalue weighted by Crippen LogP contribution is -2.13. The van der Waals surface area contributed by atoms with E-state index in [1.54, 1.807) is 5.06 Å². The maximum Gasteiger partial charge on any atom is 0.152 e. The van der Waals surface area contributed by atoms with E-state index in [1.165, 1.54) is 0 Å². The topological polar surface area (TPSA) is 12.5 Å². The average molecular weight is 170 g/mol. The smallest absolute Gasteiger partial charge is 0.152 e. The molecule has 0 N–H and O–H groups in total. The zero-order chi connectivity index (χ0) is 7.84. The predicted molar refractivity (Wildman–Crippen MR) is 43.5 cm³/mol. The average Bonchev–Trinajstić information content (AvgIpc) is 2.27. The molecule has 2 rings (SSSR count). The Kier molecular flexibility index (Phi) is 1.51. The van der Waals surface area contributed by atoms with Gasteiger partial charge in [-0.3, -0.25) is 0 Å². The second-order valence-corrected chi connectivity index (χ2v) is 3.07. The minimum Gasteiger partial charge on any atom is -0.406 e. The molecule has 0 radical (unpaired) electrons. The number of halogens is 1. The number of benzene rings is 1. The Balaban J connectivity index is 2.43. The van der Waals surface area contributed by atoms with Crippen LogP contribution >= 0.6 is 11.6 Å². The maximum atomic E-state index is 5.80. The summed E-state index contributed by atoms with van der Waals surface area (Å²) in [4.78, 5) is 5.34. The van der Waals surface area contributed by atoms with Crippen LogP contribution in [0.15, 0.2) is 18.2 Å². The summed E-state index contributed by atoms with van der Waals surface area (Å²) >= 11 is 5.80. The van der Waals surface area contributed by atoms with Gasteiger partial charge in [0, 0.05) is 17.6 Å². The van der Waals surface area contributed by atoms with Gasteiger partial charge in [-0.05, 0) is 18.2 Å². The van der Waals surface area contributed by atoms with E-state index in [0.717, 1.165) is 22.9 Å². The summed E-state index contributed by atoms with van der Waals surface area (Å²) in [5.74, 6) is 0.914. The van der Waals surface area contributed by atoms with Crippen LogP contribution < -0.4 is 4.84 Å². The molecule has 0 bridgehead atoms. The van der Waals surface area contributed by atoms with Crippen LogP contribution in [0.25, 0.3) is 0 Å². The van der Waals surface area contributed by atoms with Gasteiger partial charge >= 0.3 is 0 Å². The van der Waals surface area contributed by atoms with Gasteiger partial charge < -0.3 is 4.84 Å². The number of fused-ring (bicyclic) bond motifs is 1. The molecule has 1 aromatic rings. The zero-order valence-electron chi connectivity index (χ0n) is 6.17. The van der Waals surface area contributed by atoms with E-state index in [9.17, 15) is 0 Å². The Bertz CT molecular complexity index is 287. The summed E-state index contributed by atoms with van der Waals surface area (Å²) < 4.78 is 0. The molecule has 0 unspecified atom stereocenters. The molecule has 1 aliphatic heterocycles. The highest BCUT2D eigenvalue weighted by Crippen LogP contribution is 2.29. The molecular weight excluding hydrogens is 162 g/mol. The molecule has 0 saturated carbocycles. The van der Waals surface area contributed by atoms with Crippen LogP contribution in [0.1, 0.15) is 5.56 Å². The standard InChI is InChI=1S/C8H8ClNO/c1-10-5-6-4-7(9)2-3-8(6)11-10/h2-4H,5H2,1H3.